The summed E-state index contributed by atoms with van der Waals surface area (Å²) in [6, 6.07) is -4.55. The summed E-state index contributed by atoms with van der Waals surface area (Å²) in [5.41, 5.74) is 11.6. The van der Waals surface area contributed by atoms with Crippen LogP contribution in [0.15, 0.2) is 12.5 Å². The molecule has 1 heterocycles. The third kappa shape index (κ3) is 9.12. The van der Waals surface area contributed by atoms with E-state index in [9.17, 15) is 24.0 Å². The van der Waals surface area contributed by atoms with Crippen molar-refractivity contribution in [3.05, 3.63) is 18.2 Å². The number of carbonyl (C=O) groups is 5. The number of hydrogen-bond donors (Lipinski definition) is 7. The molecule has 4 amide bonds. The van der Waals surface area contributed by atoms with E-state index in [2.05, 4.69) is 25.9 Å². The number of carboxylic acids is 1. The maximum absolute atomic E-state index is 12.7. The van der Waals surface area contributed by atoms with Crippen LogP contribution in [0.25, 0.3) is 0 Å². The van der Waals surface area contributed by atoms with Crippen molar-refractivity contribution < 1.29 is 29.1 Å². The highest BCUT2D eigenvalue weighted by Crippen LogP contribution is 2.07. The van der Waals surface area contributed by atoms with Crippen LogP contribution < -0.4 is 27.4 Å². The molecule has 9 N–H and O–H groups in total. The van der Waals surface area contributed by atoms with Gasteiger partial charge in [0.1, 0.15) is 18.1 Å². The number of carbonyl (C=O) groups excluding carboxylic acids is 4. The molecule has 0 spiro atoms. The van der Waals surface area contributed by atoms with Gasteiger partial charge in [-0.05, 0) is 19.3 Å². The van der Waals surface area contributed by atoms with Crippen LogP contribution in [0.1, 0.15) is 39.3 Å². The van der Waals surface area contributed by atoms with Gasteiger partial charge in [0.15, 0.2) is 0 Å². The van der Waals surface area contributed by atoms with Crippen LogP contribution >= 0.6 is 0 Å². The first kappa shape index (κ1) is 26.6. The first-order valence-electron chi connectivity index (χ1n) is 10.1. The quantitative estimate of drug-likeness (QED) is 0.172. The van der Waals surface area contributed by atoms with Crippen LogP contribution in [0.4, 0.5) is 0 Å². The van der Waals surface area contributed by atoms with Crippen LogP contribution in [-0.2, 0) is 30.4 Å². The molecule has 0 bridgehead atoms. The smallest absolute Gasteiger partial charge is 0.326 e. The number of aromatic amines is 1. The number of rotatable bonds is 13. The molecular weight excluding hydrogens is 422 g/mol. The standard InChI is InChI=1S/C19H31N7O6/c1-9(2)4-13(25-17(29)12(20)5-11-7-22-8-23-11)18(30)24-10(3)16(28)26-14(19(31)32)6-15(21)27/h7-10,12-14H,4-6,20H2,1-3H3,(H2,21,27)(H,22,23)(H,24,30)(H,25,29)(H,26,28)(H,31,32). The molecule has 1 aromatic rings. The lowest BCUT2D eigenvalue weighted by Gasteiger charge is -2.24. The Balaban J connectivity index is 2.75. The summed E-state index contributed by atoms with van der Waals surface area (Å²) in [5.74, 6) is -4.31. The minimum atomic E-state index is -1.52. The van der Waals surface area contributed by atoms with Crippen molar-refractivity contribution in [3.8, 4) is 0 Å². The highest BCUT2D eigenvalue weighted by Gasteiger charge is 2.29. The van der Waals surface area contributed by atoms with Crippen LogP contribution in [0.3, 0.4) is 0 Å². The molecule has 0 fully saturated rings. The average Bonchev–Trinajstić information content (AvgIpc) is 3.18. The molecule has 13 heteroatoms. The number of nitrogens with two attached hydrogens (primary N) is 2. The predicted octanol–water partition coefficient (Wildman–Crippen LogP) is -2.24. The number of nitrogens with one attached hydrogen (secondary N) is 4. The summed E-state index contributed by atoms with van der Waals surface area (Å²) in [6.45, 7) is 5.05. The molecule has 178 valence electrons. The molecular formula is C19H31N7O6. The van der Waals surface area contributed by atoms with Crippen LogP contribution in [0.5, 0.6) is 0 Å². The van der Waals surface area contributed by atoms with E-state index >= 15 is 0 Å². The summed E-state index contributed by atoms with van der Waals surface area (Å²) < 4.78 is 0. The fourth-order valence-electron chi connectivity index (χ4n) is 2.79. The van der Waals surface area contributed by atoms with Gasteiger partial charge in [0.25, 0.3) is 0 Å². The van der Waals surface area contributed by atoms with Crippen molar-refractivity contribution in [2.75, 3.05) is 0 Å². The SMILES string of the molecule is CC(C)CC(NC(=O)C(N)Cc1cnc[nH]1)C(=O)NC(C)C(=O)NC(CC(N)=O)C(=O)O. The van der Waals surface area contributed by atoms with E-state index in [1.807, 2.05) is 13.8 Å². The molecule has 0 radical (unpaired) electrons. The zero-order valence-corrected chi connectivity index (χ0v) is 18.3. The van der Waals surface area contributed by atoms with Crippen LogP contribution in [0.2, 0.25) is 0 Å². The number of H-pyrrole nitrogens is 1. The van der Waals surface area contributed by atoms with Crippen molar-refractivity contribution in [3.63, 3.8) is 0 Å². The number of primary amides is 1. The van der Waals surface area contributed by atoms with Gasteiger partial charge in [-0.2, -0.15) is 0 Å². The number of aromatic nitrogens is 2. The molecule has 13 nitrogen and oxygen atoms in total. The second-order valence-electron chi connectivity index (χ2n) is 7.88. The third-order valence-electron chi connectivity index (χ3n) is 4.44. The Morgan fingerprint density at radius 3 is 2.16 bits per heavy atom. The van der Waals surface area contributed by atoms with Crippen LogP contribution in [-0.4, -0.2) is 68.8 Å². The highest BCUT2D eigenvalue weighted by molar-refractivity contribution is 5.94. The molecule has 4 atom stereocenters. The average molecular weight is 454 g/mol. The Morgan fingerprint density at radius 1 is 1.03 bits per heavy atom. The number of nitrogens with zero attached hydrogens (tertiary/aromatic N) is 1. The fourth-order valence-corrected chi connectivity index (χ4v) is 2.79. The zero-order valence-electron chi connectivity index (χ0n) is 18.3. The van der Waals surface area contributed by atoms with Crippen LogP contribution in [0, 0.1) is 5.92 Å². The minimum Gasteiger partial charge on any atom is -0.480 e. The molecule has 0 saturated heterocycles. The van der Waals surface area contributed by atoms with Crippen molar-refractivity contribution in [1.29, 1.82) is 0 Å². The van der Waals surface area contributed by atoms with Gasteiger partial charge >= 0.3 is 5.97 Å². The highest BCUT2D eigenvalue weighted by atomic mass is 16.4. The second-order valence-corrected chi connectivity index (χ2v) is 7.88. The molecule has 4 unspecified atom stereocenters. The summed E-state index contributed by atoms with van der Waals surface area (Å²) >= 11 is 0. The van der Waals surface area contributed by atoms with Gasteiger partial charge in [0.2, 0.25) is 23.6 Å². The maximum atomic E-state index is 12.7. The van der Waals surface area contributed by atoms with Gasteiger partial charge in [0.05, 0.1) is 18.8 Å². The monoisotopic (exact) mass is 453 g/mol. The molecule has 32 heavy (non-hydrogen) atoms. The lowest BCUT2D eigenvalue weighted by Crippen LogP contribution is -2.57. The Hall–Kier alpha value is -3.48. The summed E-state index contributed by atoms with van der Waals surface area (Å²) in [5, 5.41) is 16.3. The summed E-state index contributed by atoms with van der Waals surface area (Å²) in [7, 11) is 0. The van der Waals surface area contributed by atoms with Crippen molar-refractivity contribution in [1.82, 2.24) is 25.9 Å². The Morgan fingerprint density at radius 2 is 1.66 bits per heavy atom. The molecule has 0 aromatic carbocycles. The van der Waals surface area contributed by atoms with E-state index in [1.165, 1.54) is 19.4 Å². The van der Waals surface area contributed by atoms with Crippen molar-refractivity contribution in [2.45, 2.75) is 64.2 Å². The summed E-state index contributed by atoms with van der Waals surface area (Å²) in [6.07, 6.45) is 2.87. The number of imidazole rings is 1. The van der Waals surface area contributed by atoms with Gasteiger partial charge in [-0.1, -0.05) is 13.8 Å². The number of aliphatic carboxylic acids is 1. The minimum absolute atomic E-state index is 0.0333. The molecule has 0 aliphatic carbocycles. The Bertz CT molecular complexity index is 811. The van der Waals surface area contributed by atoms with Gasteiger partial charge < -0.3 is 37.5 Å². The molecule has 1 aromatic heterocycles. The van der Waals surface area contributed by atoms with Gasteiger partial charge in [-0.3, -0.25) is 19.2 Å². The molecule has 1 rings (SSSR count). The normalized spacial score (nSPS) is 14.7. The third-order valence-corrected chi connectivity index (χ3v) is 4.44. The second kappa shape index (κ2) is 12.4. The largest absolute Gasteiger partial charge is 0.480 e. The molecule has 0 aliphatic heterocycles. The van der Waals surface area contributed by atoms with E-state index in [-0.39, 0.29) is 18.8 Å². The number of hydrogen-bond acceptors (Lipinski definition) is 7. The maximum Gasteiger partial charge on any atom is 0.326 e. The van der Waals surface area contributed by atoms with E-state index in [0.717, 1.165) is 0 Å². The molecule has 0 saturated carbocycles. The number of amides is 4. The van der Waals surface area contributed by atoms with E-state index in [0.29, 0.717) is 5.69 Å². The fraction of sp³-hybridized carbons (Fsp3) is 0.579. The molecule has 0 aliphatic rings. The lowest BCUT2D eigenvalue weighted by molar-refractivity contribution is -0.143. The van der Waals surface area contributed by atoms with Gasteiger partial charge in [0, 0.05) is 18.3 Å². The summed E-state index contributed by atoms with van der Waals surface area (Å²) in [4.78, 5) is 66.3. The van der Waals surface area contributed by atoms with E-state index < -0.39 is 60.2 Å². The van der Waals surface area contributed by atoms with E-state index in [1.54, 1.807) is 0 Å². The Kier molecular flexibility index (Phi) is 10.3. The topological polar surface area (TPSA) is 222 Å². The zero-order chi connectivity index (χ0) is 24.4. The van der Waals surface area contributed by atoms with Gasteiger partial charge in [-0.25, -0.2) is 9.78 Å². The Labute approximate surface area is 185 Å². The van der Waals surface area contributed by atoms with Gasteiger partial charge in [-0.15, -0.1) is 0 Å². The first-order valence-corrected chi connectivity index (χ1v) is 10.1. The van der Waals surface area contributed by atoms with Crippen molar-refractivity contribution in [2.24, 2.45) is 17.4 Å². The van der Waals surface area contributed by atoms with E-state index in [4.69, 9.17) is 16.6 Å². The predicted molar refractivity (Wildman–Crippen MR) is 113 cm³/mol. The van der Waals surface area contributed by atoms with Crippen molar-refractivity contribution >= 4 is 29.6 Å². The lowest BCUT2D eigenvalue weighted by atomic mass is 10.0. The first-order chi connectivity index (χ1) is 14.9. The number of carboxylic acid groups (broad SMARTS) is 1.